The Hall–Kier alpha value is -2.86. The first-order valence-electron chi connectivity index (χ1n) is 8.22. The van der Waals surface area contributed by atoms with Gasteiger partial charge in [0.15, 0.2) is 0 Å². The molecule has 0 amide bonds. The summed E-state index contributed by atoms with van der Waals surface area (Å²) in [6, 6.07) is 13.3. The summed E-state index contributed by atoms with van der Waals surface area (Å²) in [5.74, 6) is -0.488. The van der Waals surface area contributed by atoms with E-state index in [0.29, 0.717) is 12.3 Å². The molecule has 1 N–H and O–H groups in total. The van der Waals surface area contributed by atoms with Crippen molar-refractivity contribution in [3.05, 3.63) is 75.8 Å². The Morgan fingerprint density at radius 1 is 1.27 bits per heavy atom. The summed E-state index contributed by atoms with van der Waals surface area (Å²) in [6.07, 6.45) is 5.48. The Kier molecular flexibility index (Phi) is 5.86. The molecule has 3 rings (SSSR count). The molecule has 0 aliphatic rings. The topological polar surface area (TPSA) is 72.6 Å². The van der Waals surface area contributed by atoms with Crippen molar-refractivity contribution in [2.75, 3.05) is 0 Å². The molecule has 6 heteroatoms. The largest absolute Gasteiger partial charge is 0.488 e. The molecule has 1 unspecified atom stereocenters. The van der Waals surface area contributed by atoms with Gasteiger partial charge in [0.25, 0.3) is 0 Å². The summed E-state index contributed by atoms with van der Waals surface area (Å²) in [4.78, 5) is 13.5. The zero-order chi connectivity index (χ0) is 18.4. The van der Waals surface area contributed by atoms with Crippen LogP contribution in [0.1, 0.15) is 40.3 Å². The highest BCUT2D eigenvalue weighted by molar-refractivity contribution is 7.12. The first-order valence-corrected chi connectivity index (χ1v) is 9.03. The Morgan fingerprint density at radius 3 is 2.73 bits per heavy atom. The fraction of sp³-hybridized carbons (Fsp3) is 0.200. The quantitative estimate of drug-likeness (QED) is 0.608. The number of ether oxygens (including phenoxy) is 1. The molecule has 1 aromatic carbocycles. The molecule has 3 aromatic rings. The van der Waals surface area contributed by atoms with Crippen LogP contribution in [0.25, 0.3) is 6.08 Å². The number of aliphatic carboxylic acids is 1. The summed E-state index contributed by atoms with van der Waals surface area (Å²) < 4.78 is 10.7. The van der Waals surface area contributed by atoms with Crippen LogP contribution in [0.15, 0.2) is 59.3 Å². The van der Waals surface area contributed by atoms with Crippen molar-refractivity contribution >= 4 is 23.4 Å². The number of carboxylic acids is 1. The van der Waals surface area contributed by atoms with Crippen molar-refractivity contribution in [1.29, 1.82) is 0 Å². The Morgan fingerprint density at radius 2 is 2.08 bits per heavy atom. The monoisotopic (exact) mass is 369 g/mol. The molecule has 0 bridgehead atoms. The predicted molar refractivity (Wildman–Crippen MR) is 100 cm³/mol. The minimum absolute atomic E-state index is 0.0460. The second-order valence-corrected chi connectivity index (χ2v) is 6.94. The fourth-order valence-electron chi connectivity index (χ4n) is 2.65. The summed E-state index contributed by atoms with van der Waals surface area (Å²) in [6.45, 7) is 2.50. The minimum Gasteiger partial charge on any atom is -0.488 e. The number of allylic oxidation sites excluding steroid dienone is 1. The molecule has 0 aliphatic heterocycles. The number of benzene rings is 1. The highest BCUT2D eigenvalue weighted by Crippen LogP contribution is 2.29. The number of hydrogen-bond donors (Lipinski definition) is 1. The Balaban J connectivity index is 1.67. The fourth-order valence-corrected chi connectivity index (χ4v) is 3.54. The van der Waals surface area contributed by atoms with E-state index >= 15 is 0 Å². The van der Waals surface area contributed by atoms with Gasteiger partial charge in [-0.05, 0) is 42.8 Å². The second-order valence-electron chi connectivity index (χ2n) is 5.74. The van der Waals surface area contributed by atoms with Crippen molar-refractivity contribution in [2.45, 2.75) is 25.9 Å². The molecule has 0 radical (unpaired) electrons. The first kappa shape index (κ1) is 17.9. The van der Waals surface area contributed by atoms with Crippen molar-refractivity contribution in [2.24, 2.45) is 0 Å². The number of carbonyl (C=O) groups is 1. The average molecular weight is 369 g/mol. The summed E-state index contributed by atoms with van der Waals surface area (Å²) in [5, 5.41) is 13.1. The summed E-state index contributed by atoms with van der Waals surface area (Å²) >= 11 is 1.69. The predicted octanol–water partition coefficient (Wildman–Crippen LogP) is 4.95. The molecule has 134 valence electrons. The van der Waals surface area contributed by atoms with Gasteiger partial charge in [-0.25, -0.2) is 0 Å². The molecule has 0 aliphatic carbocycles. The normalized spacial score (nSPS) is 12.3. The third-order valence-corrected chi connectivity index (χ3v) is 4.89. The maximum Gasteiger partial charge on any atom is 0.304 e. The number of carboxylic acid groups (broad SMARTS) is 1. The van der Waals surface area contributed by atoms with Gasteiger partial charge < -0.3 is 14.4 Å². The standard InChI is InChI=1S/C20H19NO4S/c1-2-3-16-8-9-17(26-16)13-24-15-6-4-14(5-7-15)18(12-20(22)23)19-10-11-25-21-19/h2-11,18H,12-13H2,1H3,(H,22,23)/b3-2+. The smallest absolute Gasteiger partial charge is 0.304 e. The van der Waals surface area contributed by atoms with Gasteiger partial charge in [-0.2, -0.15) is 0 Å². The maximum atomic E-state index is 11.2. The van der Waals surface area contributed by atoms with Crippen LogP contribution in [0, 0.1) is 0 Å². The van der Waals surface area contributed by atoms with E-state index in [4.69, 9.17) is 14.4 Å². The molecule has 26 heavy (non-hydrogen) atoms. The van der Waals surface area contributed by atoms with Crippen molar-refractivity contribution in [3.63, 3.8) is 0 Å². The average Bonchev–Trinajstić information content (AvgIpc) is 3.31. The van der Waals surface area contributed by atoms with Gasteiger partial charge in [-0.1, -0.05) is 23.4 Å². The summed E-state index contributed by atoms with van der Waals surface area (Å²) in [5.41, 5.74) is 1.47. The third kappa shape index (κ3) is 4.61. The highest BCUT2D eigenvalue weighted by Gasteiger charge is 2.20. The molecular formula is C20H19NO4S. The molecule has 0 saturated carbocycles. The van der Waals surface area contributed by atoms with E-state index in [0.717, 1.165) is 16.2 Å². The van der Waals surface area contributed by atoms with E-state index < -0.39 is 5.97 Å². The minimum atomic E-state index is -0.882. The van der Waals surface area contributed by atoms with Crippen LogP contribution < -0.4 is 4.74 Å². The van der Waals surface area contributed by atoms with Gasteiger partial charge in [0.05, 0.1) is 12.1 Å². The second kappa shape index (κ2) is 8.49. The molecule has 0 fully saturated rings. The van der Waals surface area contributed by atoms with Crippen LogP contribution in [0.4, 0.5) is 0 Å². The number of hydrogen-bond acceptors (Lipinski definition) is 5. The van der Waals surface area contributed by atoms with E-state index in [1.165, 1.54) is 11.1 Å². The Labute approximate surface area is 155 Å². The lowest BCUT2D eigenvalue weighted by Crippen LogP contribution is -2.08. The number of rotatable bonds is 8. The Bertz CT molecular complexity index is 866. The van der Waals surface area contributed by atoms with E-state index in [1.54, 1.807) is 17.4 Å². The van der Waals surface area contributed by atoms with Crippen LogP contribution >= 0.6 is 11.3 Å². The maximum absolute atomic E-state index is 11.2. The van der Waals surface area contributed by atoms with Gasteiger partial charge in [0.1, 0.15) is 18.6 Å². The first-order chi connectivity index (χ1) is 12.7. The van der Waals surface area contributed by atoms with E-state index in [2.05, 4.69) is 23.4 Å². The number of aromatic nitrogens is 1. The SMILES string of the molecule is C/C=C/c1ccc(COc2ccc(C(CC(=O)O)c3ccon3)cc2)s1. The molecule has 1 atom stereocenters. The van der Waals surface area contributed by atoms with E-state index in [-0.39, 0.29) is 12.3 Å². The van der Waals surface area contributed by atoms with Crippen molar-refractivity contribution in [1.82, 2.24) is 5.16 Å². The van der Waals surface area contributed by atoms with Gasteiger partial charge in [-0.3, -0.25) is 4.79 Å². The molecular weight excluding hydrogens is 350 g/mol. The lowest BCUT2D eigenvalue weighted by molar-refractivity contribution is -0.137. The third-order valence-electron chi connectivity index (χ3n) is 3.87. The summed E-state index contributed by atoms with van der Waals surface area (Å²) in [7, 11) is 0. The van der Waals surface area contributed by atoms with Crippen molar-refractivity contribution in [3.8, 4) is 5.75 Å². The number of nitrogens with zero attached hydrogens (tertiary/aromatic N) is 1. The van der Waals surface area contributed by atoms with Gasteiger partial charge in [0, 0.05) is 21.7 Å². The molecule has 0 saturated heterocycles. The molecule has 2 aromatic heterocycles. The van der Waals surface area contributed by atoms with Crippen LogP contribution in [-0.4, -0.2) is 16.2 Å². The van der Waals surface area contributed by atoms with Gasteiger partial charge in [-0.15, -0.1) is 11.3 Å². The van der Waals surface area contributed by atoms with Crippen LogP contribution in [0.3, 0.4) is 0 Å². The van der Waals surface area contributed by atoms with E-state index in [1.807, 2.05) is 37.3 Å². The van der Waals surface area contributed by atoms with Gasteiger partial charge in [0.2, 0.25) is 0 Å². The van der Waals surface area contributed by atoms with Crippen LogP contribution in [0.5, 0.6) is 5.75 Å². The molecule has 5 nitrogen and oxygen atoms in total. The highest BCUT2D eigenvalue weighted by atomic mass is 32.1. The zero-order valence-corrected chi connectivity index (χ0v) is 15.1. The number of thiophene rings is 1. The lowest BCUT2D eigenvalue weighted by Gasteiger charge is -2.13. The van der Waals surface area contributed by atoms with Crippen molar-refractivity contribution < 1.29 is 19.2 Å². The van der Waals surface area contributed by atoms with Crippen LogP contribution in [-0.2, 0) is 11.4 Å². The lowest BCUT2D eigenvalue weighted by atomic mass is 9.92. The van der Waals surface area contributed by atoms with Gasteiger partial charge >= 0.3 is 5.97 Å². The van der Waals surface area contributed by atoms with E-state index in [9.17, 15) is 4.79 Å². The zero-order valence-electron chi connectivity index (χ0n) is 14.3. The molecule has 2 heterocycles. The van der Waals surface area contributed by atoms with Crippen LogP contribution in [0.2, 0.25) is 0 Å². The molecule has 0 spiro atoms.